The van der Waals surface area contributed by atoms with E-state index >= 15 is 0 Å². The number of likely N-dealkylation sites (N-methyl/N-ethyl adjacent to an activating group) is 1. The molecule has 15 heavy (non-hydrogen) atoms. The Bertz CT molecular complexity index is 320. The number of aryl methyl sites for hydroxylation is 1. The second-order valence-electron chi connectivity index (χ2n) is 4.39. The van der Waals surface area contributed by atoms with Crippen molar-refractivity contribution in [2.45, 2.75) is 32.4 Å². The van der Waals surface area contributed by atoms with E-state index < -0.39 is 0 Å². The molecule has 1 atom stereocenters. The van der Waals surface area contributed by atoms with E-state index in [4.69, 9.17) is 4.74 Å². The lowest BCUT2D eigenvalue weighted by Crippen LogP contribution is -2.39. The molecular formula is C13H21NO. The zero-order valence-corrected chi connectivity index (χ0v) is 10.3. The van der Waals surface area contributed by atoms with Crippen molar-refractivity contribution in [1.82, 2.24) is 5.32 Å². The molecule has 0 spiro atoms. The standard InChI is InChI=1S/C13H21NO/c1-10-8-6-7-9-11(10)12(14-4)13(2,3)15-5/h6-9,12,14H,1-5H3. The Balaban J connectivity index is 3.08. The van der Waals surface area contributed by atoms with Crippen LogP contribution in [0.25, 0.3) is 0 Å². The molecule has 0 heterocycles. The van der Waals surface area contributed by atoms with E-state index in [-0.39, 0.29) is 11.6 Å². The van der Waals surface area contributed by atoms with E-state index in [2.05, 4.69) is 50.4 Å². The highest BCUT2D eigenvalue weighted by atomic mass is 16.5. The average Bonchev–Trinajstić information content (AvgIpc) is 2.21. The lowest BCUT2D eigenvalue weighted by atomic mass is 9.89. The molecule has 0 aliphatic rings. The quantitative estimate of drug-likeness (QED) is 0.819. The van der Waals surface area contributed by atoms with Crippen LogP contribution in [0.1, 0.15) is 31.0 Å². The van der Waals surface area contributed by atoms with Gasteiger partial charge in [-0.2, -0.15) is 0 Å². The first-order valence-corrected chi connectivity index (χ1v) is 5.31. The first kappa shape index (κ1) is 12.2. The van der Waals surface area contributed by atoms with Gasteiger partial charge in [-0.3, -0.25) is 0 Å². The van der Waals surface area contributed by atoms with Gasteiger partial charge < -0.3 is 10.1 Å². The van der Waals surface area contributed by atoms with Gasteiger partial charge >= 0.3 is 0 Å². The van der Waals surface area contributed by atoms with Gasteiger partial charge in [0, 0.05) is 7.11 Å². The van der Waals surface area contributed by atoms with Crippen molar-refractivity contribution in [2.24, 2.45) is 0 Å². The molecule has 0 aliphatic carbocycles. The SMILES string of the molecule is CNC(c1ccccc1C)C(C)(C)OC. The average molecular weight is 207 g/mol. The Kier molecular flexibility index (Phi) is 3.89. The van der Waals surface area contributed by atoms with E-state index in [9.17, 15) is 0 Å². The maximum Gasteiger partial charge on any atom is 0.0816 e. The molecule has 0 aromatic heterocycles. The Morgan fingerprint density at radius 3 is 2.33 bits per heavy atom. The maximum atomic E-state index is 5.54. The van der Waals surface area contributed by atoms with Crippen LogP contribution in [0.4, 0.5) is 0 Å². The third-order valence-electron chi connectivity index (χ3n) is 3.01. The molecular weight excluding hydrogens is 186 g/mol. The van der Waals surface area contributed by atoms with Crippen LogP contribution in [0.5, 0.6) is 0 Å². The van der Waals surface area contributed by atoms with Gasteiger partial charge in [0.05, 0.1) is 11.6 Å². The molecule has 0 radical (unpaired) electrons. The topological polar surface area (TPSA) is 21.3 Å². The number of nitrogens with one attached hydrogen (secondary N) is 1. The van der Waals surface area contributed by atoms with Crippen molar-refractivity contribution >= 4 is 0 Å². The number of hydrogen-bond acceptors (Lipinski definition) is 2. The van der Waals surface area contributed by atoms with Crippen LogP contribution in [-0.2, 0) is 4.74 Å². The van der Waals surface area contributed by atoms with E-state index in [1.807, 2.05) is 7.05 Å². The number of rotatable bonds is 4. The highest BCUT2D eigenvalue weighted by Gasteiger charge is 2.30. The third kappa shape index (κ3) is 2.58. The fourth-order valence-electron chi connectivity index (χ4n) is 1.91. The smallest absolute Gasteiger partial charge is 0.0816 e. The molecule has 1 rings (SSSR count). The molecule has 0 aliphatic heterocycles. The van der Waals surface area contributed by atoms with Crippen molar-refractivity contribution < 1.29 is 4.74 Å². The monoisotopic (exact) mass is 207 g/mol. The minimum atomic E-state index is -0.207. The predicted octanol–water partition coefficient (Wildman–Crippen LogP) is 2.68. The number of benzene rings is 1. The molecule has 84 valence electrons. The van der Waals surface area contributed by atoms with Gasteiger partial charge in [0.15, 0.2) is 0 Å². The lowest BCUT2D eigenvalue weighted by molar-refractivity contribution is -0.00915. The molecule has 2 heteroatoms. The third-order valence-corrected chi connectivity index (χ3v) is 3.01. The molecule has 0 bridgehead atoms. The highest BCUT2D eigenvalue weighted by Crippen LogP contribution is 2.29. The summed E-state index contributed by atoms with van der Waals surface area (Å²) in [6.45, 7) is 6.33. The van der Waals surface area contributed by atoms with Crippen molar-refractivity contribution in [3.05, 3.63) is 35.4 Å². The molecule has 1 aromatic carbocycles. The van der Waals surface area contributed by atoms with Crippen LogP contribution in [0.2, 0.25) is 0 Å². The molecule has 0 saturated carbocycles. The molecule has 1 aromatic rings. The summed E-state index contributed by atoms with van der Waals surface area (Å²) < 4.78 is 5.54. The van der Waals surface area contributed by atoms with Crippen LogP contribution in [0.3, 0.4) is 0 Å². The van der Waals surface area contributed by atoms with Gasteiger partial charge in [-0.25, -0.2) is 0 Å². The van der Waals surface area contributed by atoms with Gasteiger partial charge in [0.25, 0.3) is 0 Å². The van der Waals surface area contributed by atoms with Crippen molar-refractivity contribution in [3.8, 4) is 0 Å². The molecule has 0 saturated heterocycles. The minimum absolute atomic E-state index is 0.207. The van der Waals surface area contributed by atoms with Crippen molar-refractivity contribution in [3.63, 3.8) is 0 Å². The Morgan fingerprint density at radius 1 is 1.27 bits per heavy atom. The molecule has 1 N–H and O–H groups in total. The van der Waals surface area contributed by atoms with E-state index in [0.717, 1.165) is 0 Å². The Morgan fingerprint density at radius 2 is 1.87 bits per heavy atom. The summed E-state index contributed by atoms with van der Waals surface area (Å²) >= 11 is 0. The van der Waals surface area contributed by atoms with Gasteiger partial charge in [0.1, 0.15) is 0 Å². The molecule has 0 amide bonds. The van der Waals surface area contributed by atoms with Crippen LogP contribution in [0, 0.1) is 6.92 Å². The van der Waals surface area contributed by atoms with Gasteiger partial charge in [-0.1, -0.05) is 24.3 Å². The Hall–Kier alpha value is -0.860. The molecule has 2 nitrogen and oxygen atoms in total. The van der Waals surface area contributed by atoms with Crippen molar-refractivity contribution in [2.75, 3.05) is 14.2 Å². The first-order chi connectivity index (χ1) is 7.03. The normalized spacial score (nSPS) is 13.9. The summed E-state index contributed by atoms with van der Waals surface area (Å²) in [6.07, 6.45) is 0. The zero-order valence-electron chi connectivity index (χ0n) is 10.3. The van der Waals surface area contributed by atoms with Crippen LogP contribution >= 0.6 is 0 Å². The fraction of sp³-hybridized carbons (Fsp3) is 0.538. The van der Waals surface area contributed by atoms with Crippen LogP contribution < -0.4 is 5.32 Å². The summed E-state index contributed by atoms with van der Waals surface area (Å²) in [5.41, 5.74) is 2.38. The molecule has 1 unspecified atom stereocenters. The highest BCUT2D eigenvalue weighted by molar-refractivity contribution is 5.30. The number of methoxy groups -OCH3 is 1. The predicted molar refractivity (Wildman–Crippen MR) is 64.1 cm³/mol. The summed E-state index contributed by atoms with van der Waals surface area (Å²) in [5, 5.41) is 3.33. The largest absolute Gasteiger partial charge is 0.377 e. The summed E-state index contributed by atoms with van der Waals surface area (Å²) in [7, 11) is 3.72. The minimum Gasteiger partial charge on any atom is -0.377 e. The summed E-state index contributed by atoms with van der Waals surface area (Å²) in [6, 6.07) is 8.62. The van der Waals surface area contributed by atoms with Gasteiger partial charge in [0.2, 0.25) is 0 Å². The zero-order chi connectivity index (χ0) is 11.5. The maximum absolute atomic E-state index is 5.54. The van der Waals surface area contributed by atoms with Crippen LogP contribution in [-0.4, -0.2) is 19.8 Å². The van der Waals surface area contributed by atoms with Crippen molar-refractivity contribution in [1.29, 1.82) is 0 Å². The lowest BCUT2D eigenvalue weighted by Gasteiger charge is -2.34. The van der Waals surface area contributed by atoms with Gasteiger partial charge in [-0.15, -0.1) is 0 Å². The fourth-order valence-corrected chi connectivity index (χ4v) is 1.91. The number of ether oxygens (including phenoxy) is 1. The van der Waals surface area contributed by atoms with Crippen LogP contribution in [0.15, 0.2) is 24.3 Å². The number of hydrogen-bond donors (Lipinski definition) is 1. The summed E-state index contributed by atoms with van der Waals surface area (Å²) in [4.78, 5) is 0. The second-order valence-corrected chi connectivity index (χ2v) is 4.39. The van der Waals surface area contributed by atoms with Gasteiger partial charge in [-0.05, 0) is 38.9 Å². The Labute approximate surface area is 92.6 Å². The second kappa shape index (κ2) is 4.77. The summed E-state index contributed by atoms with van der Waals surface area (Å²) in [5.74, 6) is 0. The first-order valence-electron chi connectivity index (χ1n) is 5.31. The van der Waals surface area contributed by atoms with E-state index in [1.165, 1.54) is 11.1 Å². The van der Waals surface area contributed by atoms with E-state index in [1.54, 1.807) is 7.11 Å². The molecule has 0 fully saturated rings. The van der Waals surface area contributed by atoms with E-state index in [0.29, 0.717) is 0 Å².